The molecule has 0 amide bonds. The lowest BCUT2D eigenvalue weighted by Crippen LogP contribution is -2.53. The van der Waals surface area contributed by atoms with Crippen molar-refractivity contribution in [3.8, 4) is 0 Å². The van der Waals surface area contributed by atoms with Gasteiger partial charge in [0, 0.05) is 0 Å². The molecule has 14 rings (SSSR count). The predicted octanol–water partition coefficient (Wildman–Crippen LogP) is 39.7. The highest BCUT2D eigenvalue weighted by Gasteiger charge is 2.56. The Labute approximate surface area is 680 Å². The van der Waals surface area contributed by atoms with Gasteiger partial charge in [-0.15, -0.1) is 0 Å². The Morgan fingerprint density at radius 2 is 0.387 bits per heavy atom. The molecule has 0 spiro atoms. The van der Waals surface area contributed by atoms with Gasteiger partial charge < -0.3 is 0 Å². The van der Waals surface area contributed by atoms with Crippen LogP contribution in [0.3, 0.4) is 0 Å². The van der Waals surface area contributed by atoms with Gasteiger partial charge in [-0.2, -0.15) is 0 Å². The third-order valence-corrected chi connectivity index (χ3v) is 28.4. The lowest BCUT2D eigenvalue weighted by Gasteiger charge is -2.63. The molecule has 0 heterocycles. The molecule has 4 unspecified atom stereocenters. The first-order valence-corrected chi connectivity index (χ1v) is 49.7. The molecule has 0 saturated heterocycles. The molecule has 0 nitrogen and oxygen atoms in total. The largest absolute Gasteiger partial charge is 0.0683 e. The van der Waals surface area contributed by atoms with E-state index < -0.39 is 0 Å². The molecule has 0 aromatic carbocycles. The summed E-state index contributed by atoms with van der Waals surface area (Å²) in [5.41, 5.74) is 7.52. The molecule has 5 atom stereocenters. The van der Waals surface area contributed by atoms with Crippen LogP contribution in [0.1, 0.15) is 584 Å². The van der Waals surface area contributed by atoms with Crippen LogP contribution in [0.15, 0.2) is 0 Å². The minimum atomic E-state index is 0.636. The second-order valence-electron chi connectivity index (χ2n) is 43.8. The number of hydrogen-bond donors (Lipinski definition) is 0. The summed E-state index contributed by atoms with van der Waals surface area (Å²) < 4.78 is 0. The molecule has 644 valence electrons. The fraction of sp³-hybridized carbons (Fsp3) is 1.00. The van der Waals surface area contributed by atoms with Gasteiger partial charge in [-0.3, -0.25) is 0 Å². The van der Waals surface area contributed by atoms with Crippen molar-refractivity contribution < 1.29 is 0 Å². The fourth-order valence-corrected chi connectivity index (χ4v) is 20.9. The maximum atomic E-state index is 2.55. The first kappa shape index (κ1) is 112. The van der Waals surface area contributed by atoms with E-state index in [0.717, 1.165) is 46.8 Å². The van der Waals surface area contributed by atoms with Crippen molar-refractivity contribution in [3.05, 3.63) is 0 Å². The quantitative estimate of drug-likeness (QED) is 0.212. The third-order valence-electron chi connectivity index (χ3n) is 28.4. The molecular weight excluding hydrogens is 1270 g/mol. The van der Waals surface area contributed by atoms with Gasteiger partial charge in [-0.1, -0.05) is 436 Å². The van der Waals surface area contributed by atoms with E-state index in [0.29, 0.717) is 54.1 Å². The van der Waals surface area contributed by atoms with Gasteiger partial charge in [0.15, 0.2) is 0 Å². The van der Waals surface area contributed by atoms with Crippen molar-refractivity contribution in [3.63, 3.8) is 0 Å². The Morgan fingerprint density at radius 3 is 0.519 bits per heavy atom. The smallest absolute Gasteiger partial charge is 0.0297 e. The summed E-state index contributed by atoms with van der Waals surface area (Å²) in [5, 5.41) is 0. The highest BCUT2D eigenvalue weighted by Crippen LogP contribution is 2.66. The van der Waals surface area contributed by atoms with Crippen LogP contribution in [0, 0.1) is 101 Å². The monoisotopic (exact) mass is 1490 g/mol. The summed E-state index contributed by atoms with van der Waals surface area (Å²) in [7, 11) is 0. The first-order valence-electron chi connectivity index (χ1n) is 49.7. The first-order chi connectivity index (χ1) is 49.7. The predicted molar refractivity (Wildman–Crippen MR) is 497 cm³/mol. The standard InChI is InChI=1S/C13H22.C12H24.C11H22.C10H20.C9H16.C9H18.C8H16.2C7H14.C6H12.7C2H6/c1-12(2)10-4-9-5-11(12)8-13(3,6-9)7-10;1-12(2)10-8-6-4-3-5-7-9-11-12;1-11(2)9-7-5-3-4-6-8-10-11;1-10(2)8-6-4-3-5-7-9-10;1-9(2)6-7-3-4-8(9)5-7;1-9(2)7-5-3-4-6-8-9;1-8(2)6-4-3-5-7-8;1-6-4-7(2,3)5-6;1-7(2)5-3-4-6-7;1-5-4-6(5,2)3;7*1-2/h9-11H,4-8H2,1-3H3;3-11H2,1-2H3;3-10H2,1-2H3;3-9H2,1-2H3;7-8H,3-6H2,1-2H3;3-8H2,1-2H3;3-7H2,1-2H3;6H,4-5H2,1-3H3;3-6H2,1-2H3;5H,4H2,1-3H3;7*1-2H3/t;;;;;;;;;5-;;;;;;;/m.........0......./s1. The summed E-state index contributed by atoms with van der Waals surface area (Å²) in [4.78, 5) is 0. The van der Waals surface area contributed by atoms with Crippen molar-refractivity contribution >= 4 is 0 Å². The van der Waals surface area contributed by atoms with Crippen LogP contribution in [0.25, 0.3) is 0 Å². The summed E-state index contributed by atoms with van der Waals surface area (Å²) in [6.45, 7) is 83.3. The number of fused-ring (bicyclic) bond motifs is 2. The van der Waals surface area contributed by atoms with E-state index in [1.54, 1.807) is 25.7 Å². The van der Waals surface area contributed by atoms with Crippen molar-refractivity contribution in [2.75, 3.05) is 0 Å². The molecule has 14 saturated carbocycles. The topological polar surface area (TPSA) is 0 Å². The number of rotatable bonds is 0. The van der Waals surface area contributed by atoms with Crippen molar-refractivity contribution in [1.82, 2.24) is 0 Å². The van der Waals surface area contributed by atoms with Crippen LogP contribution < -0.4 is 0 Å². The molecule has 6 bridgehead atoms. The SMILES string of the molecule is CC.CC.CC.CC.CC.CC.CC.CC1(C)CC2CCC1C2.CC1(C)CCCC1.CC1(C)CCCCC1.CC1(C)CCCCCC1.CC1(C)CCCCCCC1.CC1(C)CCCCCCCC1.CC1(C)CCCCCCCCC1.CC12CC3CC(C1)C(C)(C)C(C3)C2.CC1CC(C)(C)C1.C[C@H]1CC1(C)C. The van der Waals surface area contributed by atoms with E-state index >= 15 is 0 Å². The second kappa shape index (κ2) is 59.6. The molecule has 14 aliphatic rings. The van der Waals surface area contributed by atoms with E-state index in [2.05, 4.69) is 159 Å². The molecular formula is C106H220. The van der Waals surface area contributed by atoms with Crippen molar-refractivity contribution in [2.24, 2.45) is 101 Å². The van der Waals surface area contributed by atoms with Gasteiger partial charge in [-0.05, 0) is 249 Å². The lowest BCUT2D eigenvalue weighted by atomic mass is 9.42. The molecule has 0 radical (unpaired) electrons. The summed E-state index contributed by atoms with van der Waals surface area (Å²) in [5.74, 6) is 7.43. The van der Waals surface area contributed by atoms with E-state index in [9.17, 15) is 0 Å². The van der Waals surface area contributed by atoms with Crippen molar-refractivity contribution in [2.45, 2.75) is 584 Å². The fourth-order valence-electron chi connectivity index (χ4n) is 20.9. The Bertz CT molecular complexity index is 1830. The Hall–Kier alpha value is 0. The van der Waals surface area contributed by atoms with Gasteiger partial charge in [-0.25, -0.2) is 0 Å². The van der Waals surface area contributed by atoms with Crippen LogP contribution in [-0.2, 0) is 0 Å². The minimum Gasteiger partial charge on any atom is -0.0683 e. The summed E-state index contributed by atoms with van der Waals surface area (Å²) in [6.07, 6.45) is 75.3. The normalized spacial score (nSPS) is 30.1. The highest BCUT2D eigenvalue weighted by molar-refractivity contribution is 5.06. The van der Waals surface area contributed by atoms with Gasteiger partial charge in [0.05, 0.1) is 0 Å². The van der Waals surface area contributed by atoms with Crippen molar-refractivity contribution in [1.29, 1.82) is 0 Å². The average Bonchev–Trinajstić information content (AvgIpc) is 1.09. The lowest BCUT2D eigenvalue weighted by molar-refractivity contribution is -0.128. The minimum absolute atomic E-state index is 0.636. The maximum Gasteiger partial charge on any atom is -0.0297 e. The van der Waals surface area contributed by atoms with E-state index in [4.69, 9.17) is 0 Å². The zero-order valence-corrected chi connectivity index (χ0v) is 82.6. The molecule has 14 aliphatic carbocycles. The van der Waals surface area contributed by atoms with Crippen LogP contribution in [0.2, 0.25) is 0 Å². The highest BCUT2D eigenvalue weighted by atomic mass is 14.6. The van der Waals surface area contributed by atoms with Gasteiger partial charge in [0.25, 0.3) is 0 Å². The third kappa shape index (κ3) is 54.0. The van der Waals surface area contributed by atoms with Crippen LogP contribution in [-0.4, -0.2) is 0 Å². The average molecular weight is 1490 g/mol. The zero-order valence-electron chi connectivity index (χ0n) is 82.6. The Kier molecular flexibility index (Phi) is 63.2. The van der Waals surface area contributed by atoms with E-state index in [1.165, 1.54) is 302 Å². The van der Waals surface area contributed by atoms with Gasteiger partial charge in [0.1, 0.15) is 0 Å². The molecule has 0 heteroatoms. The summed E-state index contributed by atoms with van der Waals surface area (Å²) in [6, 6.07) is 0. The molecule has 14 fully saturated rings. The van der Waals surface area contributed by atoms with Crippen LogP contribution in [0.4, 0.5) is 0 Å². The van der Waals surface area contributed by atoms with Crippen LogP contribution >= 0.6 is 0 Å². The van der Waals surface area contributed by atoms with E-state index in [1.807, 2.05) is 96.9 Å². The maximum absolute atomic E-state index is 2.55. The zero-order chi connectivity index (χ0) is 82.6. The van der Waals surface area contributed by atoms with Gasteiger partial charge >= 0.3 is 0 Å². The molecule has 106 heavy (non-hydrogen) atoms. The summed E-state index contributed by atoms with van der Waals surface area (Å²) >= 11 is 0. The Morgan fingerprint density at radius 1 is 0.189 bits per heavy atom. The van der Waals surface area contributed by atoms with E-state index in [-0.39, 0.29) is 0 Å². The molecule has 0 aliphatic heterocycles. The van der Waals surface area contributed by atoms with Gasteiger partial charge in [0.2, 0.25) is 0 Å². The Balaban J connectivity index is -0.000000538. The molecule has 0 aromatic rings. The molecule has 0 aromatic heterocycles. The number of hydrogen-bond acceptors (Lipinski definition) is 0. The second-order valence-corrected chi connectivity index (χ2v) is 43.8. The molecule has 0 N–H and O–H groups in total. The van der Waals surface area contributed by atoms with Crippen LogP contribution in [0.5, 0.6) is 0 Å².